The van der Waals surface area contributed by atoms with Crippen LogP contribution in [0.4, 0.5) is 4.79 Å². The zero-order chi connectivity index (χ0) is 34.5. The standard InChI is InChI=1S/C35H51NO10/c1-31(2,3)45-27(40)12-11-24(36-30(42)46-32(4,5)6)29(41)44-19-26(39)35(43)16-14-23-22-10-9-20-17-21(37)13-15-33(20,7)28(22)25(38)18-34(23,35)8/h13,15,17,22-25,28,38,43H,9-12,14,16,18-19H2,1-8H3,(H,36,42)/t22-,23+,24-,25+,28+,33-,34-,35-/m0/s1. The maximum Gasteiger partial charge on any atom is 0.408 e. The normalized spacial score (nSPS) is 34.3. The summed E-state index contributed by atoms with van der Waals surface area (Å²) in [6, 6.07) is -1.31. The molecule has 0 aromatic heterocycles. The van der Waals surface area contributed by atoms with Crippen molar-refractivity contribution in [2.75, 3.05) is 6.61 Å². The number of nitrogens with one attached hydrogen (secondary N) is 1. The third kappa shape index (κ3) is 7.10. The first-order chi connectivity index (χ1) is 21.1. The van der Waals surface area contributed by atoms with Crippen LogP contribution in [0.3, 0.4) is 0 Å². The number of hydrogen-bond acceptors (Lipinski definition) is 10. The van der Waals surface area contributed by atoms with Gasteiger partial charge >= 0.3 is 18.0 Å². The smallest absolute Gasteiger partial charge is 0.408 e. The third-order valence-electron chi connectivity index (χ3n) is 10.5. The summed E-state index contributed by atoms with van der Waals surface area (Å²) < 4.78 is 16.0. The van der Waals surface area contributed by atoms with Crippen LogP contribution in [-0.4, -0.2) is 75.4 Å². The Labute approximate surface area is 271 Å². The van der Waals surface area contributed by atoms with E-state index in [1.165, 1.54) is 0 Å². The summed E-state index contributed by atoms with van der Waals surface area (Å²) in [4.78, 5) is 63.9. The Balaban J connectivity index is 1.46. The number of Topliss-reactive ketones (excluding diaryl/α,β-unsaturated/α-hetero) is 1. The van der Waals surface area contributed by atoms with Gasteiger partial charge < -0.3 is 29.7 Å². The fourth-order valence-corrected chi connectivity index (χ4v) is 8.50. The average Bonchev–Trinajstić information content (AvgIpc) is 3.18. The highest BCUT2D eigenvalue weighted by Crippen LogP contribution is 2.67. The summed E-state index contributed by atoms with van der Waals surface area (Å²) in [7, 11) is 0. The maximum atomic E-state index is 13.7. The topological polar surface area (TPSA) is 166 Å². The first kappa shape index (κ1) is 35.8. The fourth-order valence-electron chi connectivity index (χ4n) is 8.50. The molecular formula is C35H51NO10. The van der Waals surface area contributed by atoms with Gasteiger partial charge in [0.05, 0.1) is 6.10 Å². The Morgan fingerprint density at radius 2 is 1.70 bits per heavy atom. The van der Waals surface area contributed by atoms with Crippen LogP contribution in [0.25, 0.3) is 0 Å². The second-order valence-corrected chi connectivity index (χ2v) is 16.0. The Morgan fingerprint density at radius 1 is 1.04 bits per heavy atom. The lowest BCUT2D eigenvalue weighted by atomic mass is 9.46. The summed E-state index contributed by atoms with van der Waals surface area (Å²) in [5, 5.41) is 26.0. The molecule has 46 heavy (non-hydrogen) atoms. The van der Waals surface area contributed by atoms with Crippen LogP contribution < -0.4 is 5.32 Å². The van der Waals surface area contributed by atoms with Crippen LogP contribution in [0, 0.1) is 28.6 Å². The van der Waals surface area contributed by atoms with E-state index in [-0.39, 0.29) is 49.2 Å². The molecule has 4 rings (SSSR count). The van der Waals surface area contributed by atoms with Crippen molar-refractivity contribution >= 4 is 29.6 Å². The van der Waals surface area contributed by atoms with Crippen LogP contribution in [0.15, 0.2) is 23.8 Å². The van der Waals surface area contributed by atoms with E-state index in [4.69, 9.17) is 14.2 Å². The molecule has 8 atom stereocenters. The minimum absolute atomic E-state index is 0.0217. The number of hydrogen-bond donors (Lipinski definition) is 3. The molecule has 4 aliphatic rings. The molecule has 256 valence electrons. The Hall–Kier alpha value is -3.05. The highest BCUT2D eigenvalue weighted by molar-refractivity contribution is 6.01. The molecule has 0 aromatic carbocycles. The van der Waals surface area contributed by atoms with E-state index in [9.17, 15) is 34.2 Å². The summed E-state index contributed by atoms with van der Waals surface area (Å²) in [6.45, 7) is 13.3. The Morgan fingerprint density at radius 3 is 2.33 bits per heavy atom. The molecule has 4 aliphatic carbocycles. The number of carbonyl (C=O) groups excluding carboxylic acids is 5. The third-order valence-corrected chi connectivity index (χ3v) is 10.5. The quantitative estimate of drug-likeness (QED) is 0.258. The predicted octanol–water partition coefficient (Wildman–Crippen LogP) is 4.12. The van der Waals surface area contributed by atoms with Gasteiger partial charge in [0, 0.05) is 23.2 Å². The van der Waals surface area contributed by atoms with Gasteiger partial charge in [-0.05, 0) is 104 Å². The molecule has 0 radical (unpaired) electrons. The number of amides is 1. The first-order valence-corrected chi connectivity index (χ1v) is 16.4. The van der Waals surface area contributed by atoms with Crippen molar-refractivity contribution in [1.82, 2.24) is 5.32 Å². The van der Waals surface area contributed by atoms with E-state index < -0.39 is 70.2 Å². The molecule has 11 nitrogen and oxygen atoms in total. The molecule has 3 fully saturated rings. The summed E-state index contributed by atoms with van der Waals surface area (Å²) in [5.74, 6) is -2.45. The van der Waals surface area contributed by atoms with E-state index in [1.807, 2.05) is 13.0 Å². The number of aliphatic hydroxyl groups excluding tert-OH is 1. The van der Waals surface area contributed by atoms with Crippen LogP contribution >= 0.6 is 0 Å². The van der Waals surface area contributed by atoms with Crippen LogP contribution in [0.2, 0.25) is 0 Å². The zero-order valence-corrected chi connectivity index (χ0v) is 28.4. The number of alkyl carbamates (subject to hydrolysis) is 1. The van der Waals surface area contributed by atoms with Crippen molar-refractivity contribution < 1.29 is 48.4 Å². The highest BCUT2D eigenvalue weighted by Gasteiger charge is 2.68. The SMILES string of the molecule is CC(C)(C)OC(=O)CC[C@H](NC(=O)OC(C)(C)C)C(=O)OCC(=O)[C@@]1(O)CC[C@@H]2[C@@H]3CCC4=CC(=O)C=C[C@]4(C)[C@H]3[C@H](O)C[C@@]21C. The van der Waals surface area contributed by atoms with Gasteiger partial charge in [-0.2, -0.15) is 0 Å². The van der Waals surface area contributed by atoms with E-state index in [2.05, 4.69) is 12.2 Å². The van der Waals surface area contributed by atoms with E-state index in [0.29, 0.717) is 12.8 Å². The average molecular weight is 646 g/mol. The highest BCUT2D eigenvalue weighted by atomic mass is 16.6. The number of allylic oxidation sites excluding steroid dienone is 4. The molecule has 0 heterocycles. The van der Waals surface area contributed by atoms with E-state index in [1.54, 1.807) is 53.7 Å². The minimum Gasteiger partial charge on any atom is -0.460 e. The first-order valence-electron chi connectivity index (χ1n) is 16.4. The van der Waals surface area contributed by atoms with Gasteiger partial charge in [0.2, 0.25) is 5.78 Å². The number of ether oxygens (including phenoxy) is 3. The van der Waals surface area contributed by atoms with Crippen LogP contribution in [0.1, 0.15) is 100 Å². The van der Waals surface area contributed by atoms with E-state index in [0.717, 1.165) is 12.0 Å². The second-order valence-electron chi connectivity index (χ2n) is 16.0. The lowest BCUT2D eigenvalue weighted by molar-refractivity contribution is -0.181. The fraction of sp³-hybridized carbons (Fsp3) is 0.743. The van der Waals surface area contributed by atoms with Gasteiger partial charge in [0.25, 0.3) is 0 Å². The van der Waals surface area contributed by atoms with Gasteiger partial charge in [0.1, 0.15) is 22.8 Å². The Bertz CT molecular complexity index is 1320. The molecular weight excluding hydrogens is 594 g/mol. The largest absolute Gasteiger partial charge is 0.460 e. The van der Waals surface area contributed by atoms with Crippen molar-refractivity contribution in [2.45, 2.75) is 129 Å². The van der Waals surface area contributed by atoms with Gasteiger partial charge in [0.15, 0.2) is 12.4 Å². The van der Waals surface area contributed by atoms with Gasteiger partial charge in [-0.3, -0.25) is 14.4 Å². The van der Waals surface area contributed by atoms with Crippen molar-refractivity contribution in [3.63, 3.8) is 0 Å². The van der Waals surface area contributed by atoms with Gasteiger partial charge in [-0.1, -0.05) is 25.5 Å². The molecule has 0 aliphatic heterocycles. The van der Waals surface area contributed by atoms with E-state index >= 15 is 0 Å². The molecule has 3 N–H and O–H groups in total. The van der Waals surface area contributed by atoms with Crippen molar-refractivity contribution in [3.05, 3.63) is 23.8 Å². The van der Waals surface area contributed by atoms with Crippen LogP contribution in [-0.2, 0) is 33.4 Å². The monoisotopic (exact) mass is 645 g/mol. The molecule has 0 aromatic rings. The molecule has 3 saturated carbocycles. The number of aliphatic hydroxyl groups is 2. The minimum atomic E-state index is -1.84. The predicted molar refractivity (Wildman–Crippen MR) is 167 cm³/mol. The molecule has 0 saturated heterocycles. The maximum absolute atomic E-state index is 13.7. The second kappa shape index (κ2) is 12.5. The summed E-state index contributed by atoms with van der Waals surface area (Å²) in [5.41, 5.74) is -3.86. The number of carbonyl (C=O) groups is 5. The number of fused-ring (bicyclic) bond motifs is 5. The van der Waals surface area contributed by atoms with Crippen molar-refractivity contribution in [3.8, 4) is 0 Å². The summed E-state index contributed by atoms with van der Waals surface area (Å²) in [6.07, 6.45) is 5.41. The molecule has 0 bridgehead atoms. The van der Waals surface area contributed by atoms with Crippen molar-refractivity contribution in [2.24, 2.45) is 28.6 Å². The van der Waals surface area contributed by atoms with Gasteiger partial charge in [-0.15, -0.1) is 0 Å². The number of rotatable bonds is 8. The lowest BCUT2D eigenvalue weighted by Gasteiger charge is -2.59. The molecule has 0 spiro atoms. The molecule has 0 unspecified atom stereocenters. The Kier molecular flexibility index (Phi) is 9.75. The molecule has 11 heteroatoms. The number of ketones is 2. The number of esters is 2. The summed E-state index contributed by atoms with van der Waals surface area (Å²) >= 11 is 0. The van der Waals surface area contributed by atoms with Gasteiger partial charge in [-0.25, -0.2) is 9.59 Å². The molecule has 1 amide bonds. The van der Waals surface area contributed by atoms with Crippen molar-refractivity contribution in [1.29, 1.82) is 0 Å². The van der Waals surface area contributed by atoms with Crippen LogP contribution in [0.5, 0.6) is 0 Å². The lowest BCUT2D eigenvalue weighted by Crippen LogP contribution is -2.61. The zero-order valence-electron chi connectivity index (χ0n) is 28.4.